The second-order valence-electron chi connectivity index (χ2n) is 3.30. The van der Waals surface area contributed by atoms with Crippen LogP contribution in [0.15, 0.2) is 0 Å². The van der Waals surface area contributed by atoms with E-state index >= 15 is 0 Å². The first-order valence-corrected chi connectivity index (χ1v) is 4.03. The fourth-order valence-corrected chi connectivity index (χ4v) is 1.35. The molecule has 82 valence electrons. The minimum Gasteiger partial charge on any atom is -0.465 e. The van der Waals surface area contributed by atoms with Crippen LogP contribution in [0.1, 0.15) is 12.8 Å². The standard InChI is InChI=1S/C7H10F3NO3/c8-7(9,10)6(14)1-3-11(4-2-6)5(12)13/h14H,1-4H2,(H,12,13). The van der Waals surface area contributed by atoms with Crippen LogP contribution in [0.3, 0.4) is 0 Å². The number of carboxylic acid groups (broad SMARTS) is 1. The van der Waals surface area contributed by atoms with E-state index in [9.17, 15) is 18.0 Å². The van der Waals surface area contributed by atoms with Crippen LogP contribution in [0.4, 0.5) is 18.0 Å². The first-order chi connectivity index (χ1) is 6.26. The normalized spacial score (nSPS) is 22.1. The number of hydrogen-bond acceptors (Lipinski definition) is 2. The Morgan fingerprint density at radius 2 is 1.71 bits per heavy atom. The van der Waals surface area contributed by atoms with E-state index < -0.39 is 30.7 Å². The molecule has 0 bridgehead atoms. The molecule has 0 aromatic rings. The zero-order valence-electron chi connectivity index (χ0n) is 7.21. The highest BCUT2D eigenvalue weighted by Gasteiger charge is 2.54. The van der Waals surface area contributed by atoms with Gasteiger partial charge in [-0.05, 0) is 0 Å². The van der Waals surface area contributed by atoms with Gasteiger partial charge in [-0.1, -0.05) is 0 Å². The van der Waals surface area contributed by atoms with Crippen LogP contribution in [0.2, 0.25) is 0 Å². The van der Waals surface area contributed by atoms with Crippen molar-refractivity contribution in [2.24, 2.45) is 0 Å². The molecule has 1 aliphatic heterocycles. The molecule has 2 N–H and O–H groups in total. The Kier molecular flexibility index (Phi) is 2.62. The number of piperidine rings is 1. The molecule has 14 heavy (non-hydrogen) atoms. The highest BCUT2D eigenvalue weighted by molar-refractivity contribution is 5.65. The van der Waals surface area contributed by atoms with Crippen molar-refractivity contribution in [2.45, 2.75) is 24.6 Å². The number of rotatable bonds is 0. The number of halogens is 3. The van der Waals surface area contributed by atoms with Crippen molar-refractivity contribution in [1.82, 2.24) is 4.90 Å². The fraction of sp³-hybridized carbons (Fsp3) is 0.857. The van der Waals surface area contributed by atoms with Gasteiger partial charge in [-0.2, -0.15) is 13.2 Å². The Bertz CT molecular complexity index is 233. The van der Waals surface area contributed by atoms with Gasteiger partial charge < -0.3 is 15.1 Å². The lowest BCUT2D eigenvalue weighted by atomic mass is 9.91. The monoisotopic (exact) mass is 213 g/mol. The van der Waals surface area contributed by atoms with Gasteiger partial charge in [-0.15, -0.1) is 0 Å². The lowest BCUT2D eigenvalue weighted by Gasteiger charge is -2.37. The van der Waals surface area contributed by atoms with Crippen LogP contribution in [-0.4, -0.2) is 46.1 Å². The van der Waals surface area contributed by atoms with E-state index in [-0.39, 0.29) is 13.1 Å². The summed E-state index contributed by atoms with van der Waals surface area (Å²) in [7, 11) is 0. The molecule has 0 unspecified atom stereocenters. The highest BCUT2D eigenvalue weighted by Crippen LogP contribution is 2.38. The van der Waals surface area contributed by atoms with E-state index in [0.29, 0.717) is 0 Å². The van der Waals surface area contributed by atoms with Crippen molar-refractivity contribution >= 4 is 6.09 Å². The van der Waals surface area contributed by atoms with Gasteiger partial charge in [0.25, 0.3) is 0 Å². The predicted molar refractivity (Wildman–Crippen MR) is 39.8 cm³/mol. The minimum atomic E-state index is -4.68. The average molecular weight is 213 g/mol. The summed E-state index contributed by atoms with van der Waals surface area (Å²) in [5.41, 5.74) is -2.72. The van der Waals surface area contributed by atoms with Crippen molar-refractivity contribution in [3.63, 3.8) is 0 Å². The van der Waals surface area contributed by atoms with Crippen molar-refractivity contribution in [1.29, 1.82) is 0 Å². The zero-order valence-corrected chi connectivity index (χ0v) is 7.21. The van der Waals surface area contributed by atoms with Gasteiger partial charge >= 0.3 is 12.3 Å². The lowest BCUT2D eigenvalue weighted by molar-refractivity contribution is -0.271. The topological polar surface area (TPSA) is 60.8 Å². The summed E-state index contributed by atoms with van der Waals surface area (Å²) in [6, 6.07) is 0. The van der Waals surface area contributed by atoms with Gasteiger partial charge in [0.2, 0.25) is 0 Å². The number of amides is 1. The predicted octanol–water partition coefficient (Wildman–Crippen LogP) is 1.05. The van der Waals surface area contributed by atoms with Gasteiger partial charge in [0.05, 0.1) is 0 Å². The molecule has 1 amide bonds. The van der Waals surface area contributed by atoms with E-state index in [0.717, 1.165) is 4.90 Å². The summed E-state index contributed by atoms with van der Waals surface area (Å²) in [6.07, 6.45) is -7.13. The van der Waals surface area contributed by atoms with E-state index in [1.807, 2.05) is 0 Å². The molecule has 0 saturated carbocycles. The van der Waals surface area contributed by atoms with E-state index in [4.69, 9.17) is 10.2 Å². The SMILES string of the molecule is O=C(O)N1CCC(O)(C(F)(F)F)CC1. The molecule has 0 atom stereocenters. The smallest absolute Gasteiger partial charge is 0.417 e. The first kappa shape index (κ1) is 11.1. The quantitative estimate of drug-likeness (QED) is 0.632. The molecule has 1 heterocycles. The molecule has 4 nitrogen and oxygen atoms in total. The average Bonchev–Trinajstić information content (AvgIpc) is 2.03. The van der Waals surface area contributed by atoms with Gasteiger partial charge in [0.1, 0.15) is 0 Å². The van der Waals surface area contributed by atoms with Gasteiger partial charge in [0, 0.05) is 25.9 Å². The third-order valence-electron chi connectivity index (χ3n) is 2.39. The van der Waals surface area contributed by atoms with E-state index in [1.165, 1.54) is 0 Å². The second-order valence-corrected chi connectivity index (χ2v) is 3.30. The molecule has 0 radical (unpaired) electrons. The first-order valence-electron chi connectivity index (χ1n) is 4.03. The molecule has 1 fully saturated rings. The van der Waals surface area contributed by atoms with Crippen LogP contribution in [0.5, 0.6) is 0 Å². The molecule has 1 rings (SSSR count). The number of hydrogen-bond donors (Lipinski definition) is 2. The molecule has 7 heteroatoms. The Labute approximate surface area is 77.9 Å². The van der Waals surface area contributed by atoms with E-state index in [1.54, 1.807) is 0 Å². The molecule has 0 aliphatic carbocycles. The largest absolute Gasteiger partial charge is 0.465 e. The molecular formula is C7H10F3NO3. The third kappa shape index (κ3) is 1.92. The molecule has 0 spiro atoms. The van der Waals surface area contributed by atoms with Gasteiger partial charge in [-0.3, -0.25) is 0 Å². The van der Waals surface area contributed by atoms with Crippen molar-refractivity contribution < 1.29 is 28.2 Å². The number of likely N-dealkylation sites (tertiary alicyclic amines) is 1. The van der Waals surface area contributed by atoms with E-state index in [2.05, 4.69) is 0 Å². The van der Waals surface area contributed by atoms with Crippen LogP contribution in [0.25, 0.3) is 0 Å². The molecule has 0 aromatic carbocycles. The molecule has 1 aliphatic rings. The number of carbonyl (C=O) groups is 1. The Hall–Kier alpha value is -0.980. The lowest BCUT2D eigenvalue weighted by Crippen LogP contribution is -2.54. The Morgan fingerprint density at radius 3 is 2.00 bits per heavy atom. The summed E-state index contributed by atoms with van der Waals surface area (Å²) in [6.45, 7) is -0.573. The zero-order chi connectivity index (χ0) is 11.0. The molecule has 1 saturated heterocycles. The third-order valence-corrected chi connectivity index (χ3v) is 2.39. The van der Waals surface area contributed by atoms with Crippen molar-refractivity contribution in [3.8, 4) is 0 Å². The summed E-state index contributed by atoms with van der Waals surface area (Å²) >= 11 is 0. The summed E-state index contributed by atoms with van der Waals surface area (Å²) in [4.78, 5) is 11.2. The number of alkyl halides is 3. The van der Waals surface area contributed by atoms with Gasteiger partial charge in [0.15, 0.2) is 5.60 Å². The maximum absolute atomic E-state index is 12.2. The number of nitrogens with zero attached hydrogens (tertiary/aromatic N) is 1. The van der Waals surface area contributed by atoms with Crippen LogP contribution >= 0.6 is 0 Å². The highest BCUT2D eigenvalue weighted by atomic mass is 19.4. The van der Waals surface area contributed by atoms with Gasteiger partial charge in [-0.25, -0.2) is 4.79 Å². The van der Waals surface area contributed by atoms with Crippen LogP contribution in [-0.2, 0) is 0 Å². The van der Waals surface area contributed by atoms with Crippen molar-refractivity contribution in [3.05, 3.63) is 0 Å². The van der Waals surface area contributed by atoms with Crippen LogP contribution in [0, 0.1) is 0 Å². The van der Waals surface area contributed by atoms with Crippen LogP contribution < -0.4 is 0 Å². The molecule has 0 aromatic heterocycles. The summed E-state index contributed by atoms with van der Waals surface area (Å²) < 4.78 is 36.7. The summed E-state index contributed by atoms with van der Waals surface area (Å²) in [5.74, 6) is 0. The second kappa shape index (κ2) is 3.30. The maximum Gasteiger partial charge on any atom is 0.417 e. The summed E-state index contributed by atoms with van der Waals surface area (Å²) in [5, 5.41) is 17.6. The Balaban J connectivity index is 2.62. The van der Waals surface area contributed by atoms with Crippen molar-refractivity contribution in [2.75, 3.05) is 13.1 Å². The maximum atomic E-state index is 12.2. The number of aliphatic hydroxyl groups is 1. The minimum absolute atomic E-state index is 0.286. The fourth-order valence-electron chi connectivity index (χ4n) is 1.35. The molecular weight excluding hydrogens is 203 g/mol. The Morgan fingerprint density at radius 1 is 1.29 bits per heavy atom.